The van der Waals surface area contributed by atoms with E-state index in [0.717, 1.165) is 18.2 Å². The Morgan fingerprint density at radius 3 is 2.72 bits per heavy atom. The molecule has 0 saturated carbocycles. The van der Waals surface area contributed by atoms with Gasteiger partial charge in [0.15, 0.2) is 0 Å². The quantitative estimate of drug-likeness (QED) is 0.785. The molecule has 94 valence electrons. The van der Waals surface area contributed by atoms with Crippen LogP contribution in [-0.2, 0) is 11.2 Å². The second-order valence-corrected chi connectivity index (χ2v) is 4.21. The molecule has 2 heterocycles. The van der Waals surface area contributed by atoms with E-state index in [-0.39, 0.29) is 6.10 Å². The molecule has 1 fully saturated rings. The lowest BCUT2D eigenvalue weighted by Crippen LogP contribution is -1.91. The number of hydrogen-bond acceptors (Lipinski definition) is 3. The summed E-state index contributed by atoms with van der Waals surface area (Å²) in [7, 11) is 0. The Morgan fingerprint density at radius 2 is 2.06 bits per heavy atom. The van der Waals surface area contributed by atoms with Crippen LogP contribution in [0.3, 0.4) is 0 Å². The summed E-state index contributed by atoms with van der Waals surface area (Å²) in [5, 5.41) is 3.88. The van der Waals surface area contributed by atoms with E-state index in [1.54, 1.807) is 6.07 Å². The molecule has 0 bridgehead atoms. The largest absolute Gasteiger partial charge is 0.361 e. The number of nitrogens with zero attached hydrogens (tertiary/aromatic N) is 1. The smallest absolute Gasteiger partial charge is 0.136 e. The van der Waals surface area contributed by atoms with Crippen molar-refractivity contribution in [2.24, 2.45) is 0 Å². The highest BCUT2D eigenvalue weighted by atomic mass is 19.1. The van der Waals surface area contributed by atoms with Crippen molar-refractivity contribution in [3.8, 4) is 0 Å². The van der Waals surface area contributed by atoms with Crippen LogP contribution in [0.1, 0.15) is 36.1 Å². The summed E-state index contributed by atoms with van der Waals surface area (Å²) < 4.78 is 36.8. The van der Waals surface area contributed by atoms with Gasteiger partial charge in [-0.1, -0.05) is 18.1 Å². The number of hydrogen-bond donors (Lipinski definition) is 0. The Labute approximate surface area is 102 Å². The van der Waals surface area contributed by atoms with Crippen LogP contribution in [0.2, 0.25) is 0 Å². The first-order chi connectivity index (χ1) is 8.69. The van der Waals surface area contributed by atoms with Gasteiger partial charge in [0.25, 0.3) is 0 Å². The zero-order valence-corrected chi connectivity index (χ0v) is 9.69. The normalized spacial score (nSPS) is 22.2. The lowest BCUT2D eigenvalue weighted by molar-refractivity contribution is 0.348. The van der Waals surface area contributed by atoms with Crippen molar-refractivity contribution in [1.29, 1.82) is 0 Å². The minimum Gasteiger partial charge on any atom is -0.361 e. The van der Waals surface area contributed by atoms with Gasteiger partial charge in [-0.3, -0.25) is 0 Å². The summed E-state index contributed by atoms with van der Waals surface area (Å²) >= 11 is 0. The van der Waals surface area contributed by atoms with Gasteiger partial charge in [-0.25, -0.2) is 8.78 Å². The first kappa shape index (κ1) is 11.3. The number of aromatic nitrogens is 1. The third kappa shape index (κ3) is 1.90. The van der Waals surface area contributed by atoms with Gasteiger partial charge in [-0.05, 0) is 6.07 Å². The van der Waals surface area contributed by atoms with Gasteiger partial charge in [0.1, 0.15) is 35.3 Å². The number of ether oxygens (including phenoxy) is 1. The molecule has 2 unspecified atom stereocenters. The van der Waals surface area contributed by atoms with Crippen LogP contribution in [0, 0.1) is 11.6 Å². The van der Waals surface area contributed by atoms with Gasteiger partial charge in [0.2, 0.25) is 0 Å². The molecule has 1 aromatic carbocycles. The summed E-state index contributed by atoms with van der Waals surface area (Å²) in [5.41, 5.74) is 1.00. The SMILES string of the molecule is CCc1cc(C2OC2c2ccc(F)cc2F)no1. The van der Waals surface area contributed by atoms with Gasteiger partial charge in [-0.2, -0.15) is 0 Å². The van der Waals surface area contributed by atoms with Crippen molar-refractivity contribution < 1.29 is 18.0 Å². The molecule has 0 N–H and O–H groups in total. The van der Waals surface area contributed by atoms with Gasteiger partial charge < -0.3 is 9.26 Å². The number of halogens is 2. The highest BCUT2D eigenvalue weighted by Crippen LogP contribution is 2.51. The molecule has 1 aromatic heterocycles. The highest BCUT2D eigenvalue weighted by Gasteiger charge is 2.45. The lowest BCUT2D eigenvalue weighted by atomic mass is 10.1. The fourth-order valence-corrected chi connectivity index (χ4v) is 1.94. The molecule has 2 aromatic rings. The van der Waals surface area contributed by atoms with Gasteiger partial charge in [0.05, 0.1) is 0 Å². The Hall–Kier alpha value is -1.75. The highest BCUT2D eigenvalue weighted by molar-refractivity contribution is 5.28. The summed E-state index contributed by atoms with van der Waals surface area (Å²) in [4.78, 5) is 0. The molecular weight excluding hydrogens is 240 g/mol. The van der Waals surface area contributed by atoms with E-state index >= 15 is 0 Å². The van der Waals surface area contributed by atoms with Crippen LogP contribution < -0.4 is 0 Å². The molecule has 18 heavy (non-hydrogen) atoms. The third-order valence-corrected chi connectivity index (χ3v) is 2.98. The van der Waals surface area contributed by atoms with Crippen LogP contribution in [0.15, 0.2) is 28.8 Å². The zero-order chi connectivity index (χ0) is 12.7. The molecule has 1 aliphatic rings. The maximum absolute atomic E-state index is 13.5. The predicted molar refractivity (Wildman–Crippen MR) is 58.8 cm³/mol. The fourth-order valence-electron chi connectivity index (χ4n) is 1.94. The van der Waals surface area contributed by atoms with Crippen LogP contribution in [-0.4, -0.2) is 5.16 Å². The number of benzene rings is 1. The van der Waals surface area contributed by atoms with Gasteiger partial charge in [0, 0.05) is 24.1 Å². The number of aryl methyl sites for hydroxylation is 1. The van der Waals surface area contributed by atoms with E-state index in [1.807, 2.05) is 6.92 Å². The molecule has 2 atom stereocenters. The first-order valence-corrected chi connectivity index (χ1v) is 5.75. The Kier molecular flexibility index (Phi) is 2.63. The monoisotopic (exact) mass is 251 g/mol. The minimum atomic E-state index is -0.596. The van der Waals surface area contributed by atoms with E-state index in [2.05, 4.69) is 5.16 Å². The average molecular weight is 251 g/mol. The summed E-state index contributed by atoms with van der Waals surface area (Å²) in [5.74, 6) is -0.427. The van der Waals surface area contributed by atoms with Crippen molar-refractivity contribution in [2.45, 2.75) is 25.6 Å². The fraction of sp³-hybridized carbons (Fsp3) is 0.308. The number of rotatable bonds is 3. The summed E-state index contributed by atoms with van der Waals surface area (Å²) in [6.45, 7) is 1.95. The van der Waals surface area contributed by atoms with Crippen molar-refractivity contribution in [3.05, 3.63) is 52.9 Å². The molecule has 0 aliphatic carbocycles. The first-order valence-electron chi connectivity index (χ1n) is 5.75. The second kappa shape index (κ2) is 4.17. The second-order valence-electron chi connectivity index (χ2n) is 4.21. The van der Waals surface area contributed by atoms with E-state index in [0.29, 0.717) is 11.3 Å². The molecule has 3 nitrogen and oxygen atoms in total. The molecule has 0 amide bonds. The Morgan fingerprint density at radius 1 is 1.22 bits per heavy atom. The maximum atomic E-state index is 13.5. The van der Waals surface area contributed by atoms with Gasteiger partial charge in [-0.15, -0.1) is 0 Å². The van der Waals surface area contributed by atoms with Gasteiger partial charge >= 0.3 is 0 Å². The lowest BCUT2D eigenvalue weighted by Gasteiger charge is -1.97. The van der Waals surface area contributed by atoms with Crippen LogP contribution in [0.4, 0.5) is 8.78 Å². The van der Waals surface area contributed by atoms with E-state index in [4.69, 9.17) is 9.26 Å². The predicted octanol–water partition coefficient (Wildman–Crippen LogP) is 3.33. The van der Waals surface area contributed by atoms with Crippen molar-refractivity contribution in [3.63, 3.8) is 0 Å². The van der Waals surface area contributed by atoms with Crippen molar-refractivity contribution in [1.82, 2.24) is 5.16 Å². The van der Waals surface area contributed by atoms with Crippen molar-refractivity contribution in [2.75, 3.05) is 0 Å². The maximum Gasteiger partial charge on any atom is 0.136 e. The zero-order valence-electron chi connectivity index (χ0n) is 9.69. The minimum absolute atomic E-state index is 0.297. The molecule has 1 aliphatic heterocycles. The Bertz CT molecular complexity index is 582. The molecular formula is C13H11F2NO2. The van der Waals surface area contributed by atoms with Crippen LogP contribution >= 0.6 is 0 Å². The average Bonchev–Trinajstić information content (AvgIpc) is 2.99. The molecule has 1 saturated heterocycles. The van der Waals surface area contributed by atoms with Crippen LogP contribution in [0.5, 0.6) is 0 Å². The van der Waals surface area contributed by atoms with E-state index in [9.17, 15) is 8.78 Å². The summed E-state index contributed by atoms with van der Waals surface area (Å²) in [6.07, 6.45) is 0.0457. The number of epoxide rings is 1. The van der Waals surface area contributed by atoms with Crippen molar-refractivity contribution >= 4 is 0 Å². The van der Waals surface area contributed by atoms with E-state index in [1.165, 1.54) is 12.1 Å². The summed E-state index contributed by atoms with van der Waals surface area (Å²) in [6, 6.07) is 5.27. The Balaban J connectivity index is 1.81. The molecule has 3 rings (SSSR count). The molecule has 0 spiro atoms. The molecule has 5 heteroatoms. The standard InChI is InChI=1S/C13H11F2NO2/c1-2-8-6-11(16-18-8)13-12(17-13)9-4-3-7(14)5-10(9)15/h3-6,12-13H,2H2,1H3. The van der Waals surface area contributed by atoms with Crippen LogP contribution in [0.25, 0.3) is 0 Å². The molecule has 0 radical (unpaired) electrons. The topological polar surface area (TPSA) is 38.6 Å². The third-order valence-electron chi connectivity index (χ3n) is 2.98. The van der Waals surface area contributed by atoms with E-state index < -0.39 is 17.7 Å².